The summed E-state index contributed by atoms with van der Waals surface area (Å²) < 4.78 is 10.6. The number of ether oxygens (including phenoxy) is 2. The van der Waals surface area contributed by atoms with Crippen LogP contribution in [0.5, 0.6) is 5.75 Å². The van der Waals surface area contributed by atoms with Gasteiger partial charge in [-0.25, -0.2) is 0 Å². The molecule has 0 spiro atoms. The summed E-state index contributed by atoms with van der Waals surface area (Å²) in [6, 6.07) is 8.78. The normalized spacial score (nSPS) is 18.3. The van der Waals surface area contributed by atoms with Crippen molar-refractivity contribution in [1.82, 2.24) is 9.80 Å². The van der Waals surface area contributed by atoms with Crippen LogP contribution < -0.4 is 4.74 Å². The van der Waals surface area contributed by atoms with E-state index in [2.05, 4.69) is 34.9 Å². The maximum atomic E-state index is 5.51. The number of benzene rings is 1. The number of hydrogen-bond donors (Lipinski definition) is 0. The standard InChI is InChI=1S/C18H30N2O2/c1-16(17-8-4-5-9-18(17)22-3)20-13-11-19(12-14-20)10-6-7-15-21-2/h4-5,8-9,16H,6-7,10-15H2,1-3H3. The predicted octanol–water partition coefficient (Wildman–Crippen LogP) is 2.80. The van der Waals surface area contributed by atoms with Crippen LogP contribution in [0.3, 0.4) is 0 Å². The number of rotatable bonds is 8. The molecule has 2 rings (SSSR count). The zero-order chi connectivity index (χ0) is 15.8. The summed E-state index contributed by atoms with van der Waals surface area (Å²) in [5.41, 5.74) is 1.29. The van der Waals surface area contributed by atoms with E-state index in [0.717, 1.165) is 45.0 Å². The molecule has 22 heavy (non-hydrogen) atoms. The van der Waals surface area contributed by atoms with E-state index in [4.69, 9.17) is 9.47 Å². The van der Waals surface area contributed by atoms with Crippen molar-refractivity contribution in [2.75, 3.05) is 53.6 Å². The van der Waals surface area contributed by atoms with E-state index in [9.17, 15) is 0 Å². The number of unbranched alkanes of at least 4 members (excludes halogenated alkanes) is 1. The van der Waals surface area contributed by atoms with Crippen LogP contribution in [-0.4, -0.2) is 63.4 Å². The molecule has 4 heteroatoms. The maximum Gasteiger partial charge on any atom is 0.123 e. The lowest BCUT2D eigenvalue weighted by atomic mass is 10.0. The molecule has 1 aromatic rings. The van der Waals surface area contributed by atoms with Gasteiger partial charge in [0.2, 0.25) is 0 Å². The van der Waals surface area contributed by atoms with Crippen molar-refractivity contribution < 1.29 is 9.47 Å². The largest absolute Gasteiger partial charge is 0.496 e. The van der Waals surface area contributed by atoms with Crippen LogP contribution in [0.15, 0.2) is 24.3 Å². The Balaban J connectivity index is 1.81. The van der Waals surface area contributed by atoms with Gasteiger partial charge < -0.3 is 14.4 Å². The van der Waals surface area contributed by atoms with Crippen molar-refractivity contribution in [3.8, 4) is 5.75 Å². The molecule has 124 valence electrons. The molecule has 1 fully saturated rings. The van der Waals surface area contributed by atoms with E-state index in [1.54, 1.807) is 14.2 Å². The lowest BCUT2D eigenvalue weighted by Gasteiger charge is -2.38. The van der Waals surface area contributed by atoms with Crippen molar-refractivity contribution in [1.29, 1.82) is 0 Å². The molecule has 1 aliphatic rings. The van der Waals surface area contributed by atoms with Crippen molar-refractivity contribution in [3.63, 3.8) is 0 Å². The number of hydrogen-bond acceptors (Lipinski definition) is 4. The second-order valence-electron chi connectivity index (χ2n) is 6.00. The highest BCUT2D eigenvalue weighted by atomic mass is 16.5. The molecule has 0 amide bonds. The van der Waals surface area contributed by atoms with Gasteiger partial charge in [-0.3, -0.25) is 4.90 Å². The SMILES string of the molecule is COCCCCN1CCN(C(C)c2ccccc2OC)CC1. The minimum atomic E-state index is 0.409. The third kappa shape index (κ3) is 4.70. The molecule has 0 bridgehead atoms. The molecular weight excluding hydrogens is 276 g/mol. The van der Waals surface area contributed by atoms with Gasteiger partial charge in [0.05, 0.1) is 7.11 Å². The van der Waals surface area contributed by atoms with E-state index in [-0.39, 0.29) is 0 Å². The molecule has 0 N–H and O–H groups in total. The molecule has 1 saturated heterocycles. The van der Waals surface area contributed by atoms with E-state index in [1.807, 2.05) is 6.07 Å². The summed E-state index contributed by atoms with van der Waals surface area (Å²) in [5.74, 6) is 0.997. The summed E-state index contributed by atoms with van der Waals surface area (Å²) in [7, 11) is 3.53. The molecule has 0 saturated carbocycles. The van der Waals surface area contributed by atoms with Gasteiger partial charge in [0.25, 0.3) is 0 Å². The summed E-state index contributed by atoms with van der Waals surface area (Å²) in [5, 5.41) is 0. The molecule has 1 unspecified atom stereocenters. The molecule has 4 nitrogen and oxygen atoms in total. The zero-order valence-electron chi connectivity index (χ0n) is 14.3. The van der Waals surface area contributed by atoms with E-state index in [1.165, 1.54) is 18.5 Å². The zero-order valence-corrected chi connectivity index (χ0v) is 14.3. The van der Waals surface area contributed by atoms with Gasteiger partial charge in [-0.1, -0.05) is 18.2 Å². The topological polar surface area (TPSA) is 24.9 Å². The highest BCUT2D eigenvalue weighted by molar-refractivity contribution is 5.35. The van der Waals surface area contributed by atoms with Crippen LogP contribution in [0.25, 0.3) is 0 Å². The fraction of sp³-hybridized carbons (Fsp3) is 0.667. The monoisotopic (exact) mass is 306 g/mol. The molecule has 1 heterocycles. The molecule has 1 atom stereocenters. The van der Waals surface area contributed by atoms with E-state index in [0.29, 0.717) is 6.04 Å². The number of piperazine rings is 1. The second kappa shape index (κ2) is 9.13. The van der Waals surface area contributed by atoms with Crippen molar-refractivity contribution >= 4 is 0 Å². The quantitative estimate of drug-likeness (QED) is 0.690. The first-order valence-electron chi connectivity index (χ1n) is 8.34. The van der Waals surface area contributed by atoms with Crippen molar-refractivity contribution in [2.45, 2.75) is 25.8 Å². The molecule has 1 aliphatic heterocycles. The summed E-state index contributed by atoms with van der Waals surface area (Å²) >= 11 is 0. The van der Waals surface area contributed by atoms with Gasteiger partial charge in [-0.15, -0.1) is 0 Å². The Hall–Kier alpha value is -1.10. The second-order valence-corrected chi connectivity index (χ2v) is 6.00. The Morgan fingerprint density at radius 1 is 1.05 bits per heavy atom. The van der Waals surface area contributed by atoms with Gasteiger partial charge >= 0.3 is 0 Å². The Kier molecular flexibility index (Phi) is 7.16. The fourth-order valence-corrected chi connectivity index (χ4v) is 3.16. The number of methoxy groups -OCH3 is 2. The first-order chi connectivity index (χ1) is 10.8. The third-order valence-corrected chi connectivity index (χ3v) is 4.62. The average Bonchev–Trinajstić information content (AvgIpc) is 2.58. The first-order valence-corrected chi connectivity index (χ1v) is 8.34. The highest BCUT2D eigenvalue weighted by Crippen LogP contribution is 2.29. The van der Waals surface area contributed by atoms with Crippen LogP contribution in [0, 0.1) is 0 Å². The Morgan fingerprint density at radius 2 is 1.77 bits per heavy atom. The molecule has 1 aromatic carbocycles. The smallest absolute Gasteiger partial charge is 0.123 e. The average molecular weight is 306 g/mol. The third-order valence-electron chi connectivity index (χ3n) is 4.62. The lowest BCUT2D eigenvalue weighted by molar-refractivity contribution is 0.0976. The summed E-state index contributed by atoms with van der Waals surface area (Å²) in [6.07, 6.45) is 2.39. The van der Waals surface area contributed by atoms with E-state index >= 15 is 0 Å². The number of para-hydroxylation sites is 1. The summed E-state index contributed by atoms with van der Waals surface area (Å²) in [6.45, 7) is 8.93. The minimum absolute atomic E-state index is 0.409. The lowest BCUT2D eigenvalue weighted by Crippen LogP contribution is -2.47. The van der Waals surface area contributed by atoms with Gasteiger partial charge in [0.1, 0.15) is 5.75 Å². The summed E-state index contributed by atoms with van der Waals surface area (Å²) in [4.78, 5) is 5.13. The van der Waals surface area contributed by atoms with Crippen molar-refractivity contribution in [2.24, 2.45) is 0 Å². The Bertz CT molecular complexity index is 431. The predicted molar refractivity (Wildman–Crippen MR) is 90.5 cm³/mol. The van der Waals surface area contributed by atoms with Crippen LogP contribution in [-0.2, 0) is 4.74 Å². The van der Waals surface area contributed by atoms with Gasteiger partial charge in [-0.05, 0) is 32.4 Å². The van der Waals surface area contributed by atoms with Crippen molar-refractivity contribution in [3.05, 3.63) is 29.8 Å². The van der Waals surface area contributed by atoms with E-state index < -0.39 is 0 Å². The molecule has 0 radical (unpaired) electrons. The van der Waals surface area contributed by atoms with Crippen LogP contribution in [0.4, 0.5) is 0 Å². The van der Waals surface area contributed by atoms with Gasteiger partial charge in [0.15, 0.2) is 0 Å². The Labute approximate surface area is 135 Å². The molecule has 0 aliphatic carbocycles. The van der Waals surface area contributed by atoms with Crippen LogP contribution in [0.2, 0.25) is 0 Å². The molecular formula is C18H30N2O2. The van der Waals surface area contributed by atoms with Crippen LogP contribution in [0.1, 0.15) is 31.4 Å². The first kappa shape index (κ1) is 17.3. The minimum Gasteiger partial charge on any atom is -0.496 e. The van der Waals surface area contributed by atoms with Gasteiger partial charge in [0, 0.05) is 51.5 Å². The molecule has 0 aromatic heterocycles. The van der Waals surface area contributed by atoms with Crippen LogP contribution >= 0.6 is 0 Å². The number of nitrogens with zero attached hydrogens (tertiary/aromatic N) is 2. The fourth-order valence-electron chi connectivity index (χ4n) is 3.16. The highest BCUT2D eigenvalue weighted by Gasteiger charge is 2.23. The van der Waals surface area contributed by atoms with Gasteiger partial charge in [-0.2, -0.15) is 0 Å². The Morgan fingerprint density at radius 3 is 2.45 bits per heavy atom. The maximum absolute atomic E-state index is 5.51.